The molecule has 1 aromatic carbocycles. The molecule has 0 heterocycles. The van der Waals surface area contributed by atoms with Crippen LogP contribution in [0.25, 0.3) is 0 Å². The van der Waals surface area contributed by atoms with Crippen LogP contribution >= 0.6 is 0 Å². The van der Waals surface area contributed by atoms with E-state index >= 15 is 0 Å². The Labute approximate surface area is 104 Å². The summed E-state index contributed by atoms with van der Waals surface area (Å²) in [5.41, 5.74) is 2.17. The van der Waals surface area contributed by atoms with Gasteiger partial charge in [0.15, 0.2) is 5.78 Å². The first-order valence-electron chi connectivity index (χ1n) is 6.39. The SMILES string of the molecule is CCCOC(C(=O)CCC)c1ccc(C)cc1. The van der Waals surface area contributed by atoms with Gasteiger partial charge in [-0.3, -0.25) is 4.79 Å². The molecular weight excluding hydrogens is 212 g/mol. The average Bonchev–Trinajstić information content (AvgIpc) is 2.32. The summed E-state index contributed by atoms with van der Waals surface area (Å²) in [6, 6.07) is 8.03. The molecule has 0 aliphatic carbocycles. The van der Waals surface area contributed by atoms with Crippen LogP contribution in [-0.4, -0.2) is 12.4 Å². The lowest BCUT2D eigenvalue weighted by molar-refractivity contribution is -0.131. The summed E-state index contributed by atoms with van der Waals surface area (Å²) in [6.07, 6.45) is 2.01. The monoisotopic (exact) mass is 234 g/mol. The molecule has 0 N–H and O–H groups in total. The predicted molar refractivity (Wildman–Crippen MR) is 70.1 cm³/mol. The van der Waals surface area contributed by atoms with Crippen molar-refractivity contribution in [2.75, 3.05) is 6.61 Å². The lowest BCUT2D eigenvalue weighted by Crippen LogP contribution is -2.16. The quantitative estimate of drug-likeness (QED) is 0.716. The van der Waals surface area contributed by atoms with E-state index in [4.69, 9.17) is 4.74 Å². The van der Waals surface area contributed by atoms with Crippen molar-refractivity contribution < 1.29 is 9.53 Å². The second kappa shape index (κ2) is 7.23. The highest BCUT2D eigenvalue weighted by Crippen LogP contribution is 2.21. The number of carbonyl (C=O) groups is 1. The van der Waals surface area contributed by atoms with Crippen LogP contribution in [0.5, 0.6) is 0 Å². The van der Waals surface area contributed by atoms with Crippen LogP contribution in [0.15, 0.2) is 24.3 Å². The zero-order chi connectivity index (χ0) is 12.7. The van der Waals surface area contributed by atoms with Crippen molar-refractivity contribution in [3.63, 3.8) is 0 Å². The van der Waals surface area contributed by atoms with Gasteiger partial charge in [-0.15, -0.1) is 0 Å². The molecule has 2 heteroatoms. The second-order valence-electron chi connectivity index (χ2n) is 4.38. The van der Waals surface area contributed by atoms with Crippen molar-refractivity contribution in [1.82, 2.24) is 0 Å². The van der Waals surface area contributed by atoms with Gasteiger partial charge in [-0.05, 0) is 25.3 Å². The normalized spacial score (nSPS) is 12.4. The maximum absolute atomic E-state index is 12.0. The predicted octanol–water partition coefficient (Wildman–Crippen LogP) is 3.83. The van der Waals surface area contributed by atoms with Gasteiger partial charge >= 0.3 is 0 Å². The molecule has 0 saturated carbocycles. The van der Waals surface area contributed by atoms with Crippen LogP contribution in [0.3, 0.4) is 0 Å². The highest BCUT2D eigenvalue weighted by Gasteiger charge is 2.19. The fourth-order valence-corrected chi connectivity index (χ4v) is 1.73. The third-order valence-corrected chi connectivity index (χ3v) is 2.66. The van der Waals surface area contributed by atoms with Crippen molar-refractivity contribution in [3.8, 4) is 0 Å². The number of hydrogen-bond donors (Lipinski definition) is 0. The van der Waals surface area contributed by atoms with Crippen LogP contribution in [0.4, 0.5) is 0 Å². The molecule has 0 saturated heterocycles. The van der Waals surface area contributed by atoms with Gasteiger partial charge in [0, 0.05) is 13.0 Å². The minimum absolute atomic E-state index is 0.185. The highest BCUT2D eigenvalue weighted by molar-refractivity contribution is 5.84. The minimum Gasteiger partial charge on any atom is -0.366 e. The third-order valence-electron chi connectivity index (χ3n) is 2.66. The molecule has 1 aromatic rings. The fourth-order valence-electron chi connectivity index (χ4n) is 1.73. The Bertz CT molecular complexity index is 340. The molecule has 0 aliphatic rings. The molecule has 1 rings (SSSR count). The number of ether oxygens (including phenoxy) is 1. The number of ketones is 1. The van der Waals surface area contributed by atoms with Crippen molar-refractivity contribution in [1.29, 1.82) is 0 Å². The maximum atomic E-state index is 12.0. The van der Waals surface area contributed by atoms with Crippen LogP contribution in [0.1, 0.15) is 50.3 Å². The molecule has 0 amide bonds. The van der Waals surface area contributed by atoms with E-state index in [1.165, 1.54) is 5.56 Å². The molecule has 0 aliphatic heterocycles. The van der Waals surface area contributed by atoms with Gasteiger partial charge < -0.3 is 4.74 Å². The van der Waals surface area contributed by atoms with E-state index in [-0.39, 0.29) is 11.9 Å². The topological polar surface area (TPSA) is 26.3 Å². The van der Waals surface area contributed by atoms with Gasteiger partial charge in [0.05, 0.1) is 0 Å². The molecule has 94 valence electrons. The Balaban J connectivity index is 2.81. The summed E-state index contributed by atoms with van der Waals surface area (Å²) < 4.78 is 5.68. The maximum Gasteiger partial charge on any atom is 0.166 e. The van der Waals surface area contributed by atoms with Crippen LogP contribution in [-0.2, 0) is 9.53 Å². The molecule has 0 fully saturated rings. The zero-order valence-corrected chi connectivity index (χ0v) is 11.0. The molecular formula is C15H22O2. The summed E-state index contributed by atoms with van der Waals surface area (Å²) in [4.78, 5) is 12.0. The first-order valence-corrected chi connectivity index (χ1v) is 6.39. The smallest absolute Gasteiger partial charge is 0.166 e. The van der Waals surface area contributed by atoms with Crippen molar-refractivity contribution >= 4 is 5.78 Å². The molecule has 0 aromatic heterocycles. The number of hydrogen-bond acceptors (Lipinski definition) is 2. The second-order valence-corrected chi connectivity index (χ2v) is 4.38. The molecule has 17 heavy (non-hydrogen) atoms. The Morgan fingerprint density at radius 1 is 1.18 bits per heavy atom. The van der Waals surface area contributed by atoms with Gasteiger partial charge in [-0.25, -0.2) is 0 Å². The summed E-state index contributed by atoms with van der Waals surface area (Å²) in [7, 11) is 0. The van der Waals surface area contributed by atoms with E-state index in [9.17, 15) is 4.79 Å². The highest BCUT2D eigenvalue weighted by atomic mass is 16.5. The Morgan fingerprint density at radius 2 is 1.82 bits per heavy atom. The van der Waals surface area contributed by atoms with Gasteiger partial charge in [-0.2, -0.15) is 0 Å². The summed E-state index contributed by atoms with van der Waals surface area (Å²) in [5.74, 6) is 0.185. The standard InChI is InChI=1S/C15H22O2/c1-4-6-14(16)15(17-11-5-2)13-9-7-12(3)8-10-13/h7-10,15H,4-6,11H2,1-3H3. The largest absolute Gasteiger partial charge is 0.366 e. The van der Waals surface area contributed by atoms with Crippen molar-refractivity contribution in [3.05, 3.63) is 35.4 Å². The van der Waals surface area contributed by atoms with Gasteiger partial charge in [0.2, 0.25) is 0 Å². The third kappa shape index (κ3) is 4.31. The number of carbonyl (C=O) groups excluding carboxylic acids is 1. The summed E-state index contributed by atoms with van der Waals surface area (Å²) >= 11 is 0. The van der Waals surface area contributed by atoms with Gasteiger partial charge in [0.25, 0.3) is 0 Å². The summed E-state index contributed by atoms with van der Waals surface area (Å²) in [6.45, 7) is 6.74. The van der Waals surface area contributed by atoms with Crippen LogP contribution in [0, 0.1) is 6.92 Å². The van der Waals surface area contributed by atoms with E-state index in [1.807, 2.05) is 38.1 Å². The van der Waals surface area contributed by atoms with Gasteiger partial charge in [-0.1, -0.05) is 43.7 Å². The van der Waals surface area contributed by atoms with E-state index in [1.54, 1.807) is 0 Å². The Hall–Kier alpha value is -1.15. The van der Waals surface area contributed by atoms with Crippen molar-refractivity contribution in [2.24, 2.45) is 0 Å². The first-order chi connectivity index (χ1) is 8.19. The number of rotatable bonds is 7. The minimum atomic E-state index is -0.379. The number of Topliss-reactive ketones (excluding diaryl/α,β-unsaturated/α-hetero) is 1. The lowest BCUT2D eigenvalue weighted by Gasteiger charge is -2.17. The molecule has 0 radical (unpaired) electrons. The lowest BCUT2D eigenvalue weighted by atomic mass is 10.0. The van der Waals surface area contributed by atoms with Crippen LogP contribution < -0.4 is 0 Å². The van der Waals surface area contributed by atoms with E-state index in [0.717, 1.165) is 18.4 Å². The zero-order valence-electron chi connectivity index (χ0n) is 11.0. The number of aryl methyl sites for hydroxylation is 1. The average molecular weight is 234 g/mol. The van der Waals surface area contributed by atoms with E-state index in [0.29, 0.717) is 13.0 Å². The van der Waals surface area contributed by atoms with Gasteiger partial charge in [0.1, 0.15) is 6.10 Å². The molecule has 0 bridgehead atoms. The molecule has 1 atom stereocenters. The Kier molecular flexibility index (Phi) is 5.92. The first kappa shape index (κ1) is 13.9. The molecule has 1 unspecified atom stereocenters. The van der Waals surface area contributed by atoms with Crippen LogP contribution in [0.2, 0.25) is 0 Å². The molecule has 2 nitrogen and oxygen atoms in total. The Morgan fingerprint density at radius 3 is 2.35 bits per heavy atom. The summed E-state index contributed by atoms with van der Waals surface area (Å²) in [5, 5.41) is 0. The number of benzene rings is 1. The fraction of sp³-hybridized carbons (Fsp3) is 0.533. The van der Waals surface area contributed by atoms with E-state index in [2.05, 4.69) is 6.92 Å². The van der Waals surface area contributed by atoms with Crippen molar-refractivity contribution in [2.45, 2.75) is 46.1 Å². The van der Waals surface area contributed by atoms with E-state index < -0.39 is 0 Å². The molecule has 0 spiro atoms.